The first-order chi connectivity index (χ1) is 15.4. The van der Waals surface area contributed by atoms with Gasteiger partial charge in [-0.3, -0.25) is 4.79 Å². The third kappa shape index (κ3) is 5.78. The first kappa shape index (κ1) is 23.6. The molecule has 172 valence electrons. The van der Waals surface area contributed by atoms with Gasteiger partial charge in [-0.2, -0.15) is 0 Å². The lowest BCUT2D eigenvalue weighted by molar-refractivity contribution is -0.126. The van der Waals surface area contributed by atoms with E-state index >= 15 is 0 Å². The molecule has 2 unspecified atom stereocenters. The summed E-state index contributed by atoms with van der Waals surface area (Å²) >= 11 is 0. The number of amides is 3. The molecule has 0 saturated carbocycles. The van der Waals surface area contributed by atoms with Gasteiger partial charge in [-0.15, -0.1) is 0 Å². The van der Waals surface area contributed by atoms with Gasteiger partial charge in [-0.25, -0.2) is 9.18 Å². The lowest BCUT2D eigenvalue weighted by Crippen LogP contribution is -2.51. The van der Waals surface area contributed by atoms with Crippen LogP contribution >= 0.6 is 0 Å². The molecule has 1 aliphatic rings. The molecule has 2 aromatic carbocycles. The molecule has 2 aromatic rings. The maximum atomic E-state index is 13.8. The molecule has 3 rings (SSSR count). The molecule has 3 amide bonds. The lowest BCUT2D eigenvalue weighted by atomic mass is 9.83. The van der Waals surface area contributed by atoms with Gasteiger partial charge >= 0.3 is 6.03 Å². The summed E-state index contributed by atoms with van der Waals surface area (Å²) in [6.45, 7) is 5.46. The molecule has 0 aliphatic carbocycles. The second kappa shape index (κ2) is 11.0. The molecular formula is C25H32FN3O3. The van der Waals surface area contributed by atoms with E-state index in [1.807, 2.05) is 37.3 Å². The maximum Gasteiger partial charge on any atom is 0.317 e. The van der Waals surface area contributed by atoms with Gasteiger partial charge in [0.25, 0.3) is 0 Å². The van der Waals surface area contributed by atoms with Crippen molar-refractivity contribution in [3.8, 4) is 5.75 Å². The molecule has 0 spiro atoms. The Morgan fingerprint density at radius 3 is 2.66 bits per heavy atom. The second-order valence-corrected chi connectivity index (χ2v) is 8.23. The van der Waals surface area contributed by atoms with Crippen molar-refractivity contribution in [1.82, 2.24) is 15.5 Å². The zero-order valence-electron chi connectivity index (χ0n) is 19.0. The van der Waals surface area contributed by atoms with Crippen LogP contribution in [0.25, 0.3) is 0 Å². The standard InChI is InChI=1S/C25H32FN3O3/c1-4-27-25(31)29-15-20(19-9-10-22(26)17(2)13-19)14-21(16-29)24(30)28-12-11-18-7-5-6-8-23(18)32-3/h5-10,13,20-21H,4,11-12,14-16H2,1-3H3,(H,27,31)(H,28,30). The first-order valence-corrected chi connectivity index (χ1v) is 11.1. The molecule has 1 saturated heterocycles. The summed E-state index contributed by atoms with van der Waals surface area (Å²) in [6.07, 6.45) is 1.27. The van der Waals surface area contributed by atoms with E-state index in [0.29, 0.717) is 44.6 Å². The highest BCUT2D eigenvalue weighted by Gasteiger charge is 2.34. The van der Waals surface area contributed by atoms with Crippen LogP contribution < -0.4 is 15.4 Å². The molecule has 2 atom stereocenters. The van der Waals surface area contributed by atoms with Crippen LogP contribution in [0.5, 0.6) is 5.75 Å². The number of ether oxygens (including phenoxy) is 1. The van der Waals surface area contributed by atoms with Crippen LogP contribution in [0.4, 0.5) is 9.18 Å². The Labute approximate surface area is 189 Å². The highest BCUT2D eigenvalue weighted by Crippen LogP contribution is 2.31. The minimum absolute atomic E-state index is 0.0318. The van der Waals surface area contributed by atoms with Gasteiger partial charge in [0.2, 0.25) is 5.91 Å². The molecule has 1 fully saturated rings. The number of likely N-dealkylation sites (tertiary alicyclic amines) is 1. The van der Waals surface area contributed by atoms with Crippen LogP contribution in [0.15, 0.2) is 42.5 Å². The van der Waals surface area contributed by atoms with Gasteiger partial charge in [-0.1, -0.05) is 30.3 Å². The van der Waals surface area contributed by atoms with Crippen LogP contribution in [-0.4, -0.2) is 50.1 Å². The minimum Gasteiger partial charge on any atom is -0.496 e. The number of hydrogen-bond acceptors (Lipinski definition) is 3. The van der Waals surface area contributed by atoms with Gasteiger partial charge < -0.3 is 20.3 Å². The summed E-state index contributed by atoms with van der Waals surface area (Å²) in [6, 6.07) is 12.6. The average molecular weight is 442 g/mol. The summed E-state index contributed by atoms with van der Waals surface area (Å²) < 4.78 is 19.1. The molecule has 1 heterocycles. The predicted molar refractivity (Wildman–Crippen MR) is 122 cm³/mol. The number of rotatable bonds is 7. The first-order valence-electron chi connectivity index (χ1n) is 11.1. The highest BCUT2D eigenvalue weighted by atomic mass is 19.1. The monoisotopic (exact) mass is 441 g/mol. The molecule has 7 heteroatoms. The number of para-hydroxylation sites is 1. The highest BCUT2D eigenvalue weighted by molar-refractivity contribution is 5.81. The number of nitrogens with one attached hydrogen (secondary N) is 2. The largest absolute Gasteiger partial charge is 0.496 e. The maximum absolute atomic E-state index is 13.8. The zero-order valence-corrected chi connectivity index (χ0v) is 19.0. The van der Waals surface area contributed by atoms with Crippen LogP contribution in [0.1, 0.15) is 36.0 Å². The third-order valence-electron chi connectivity index (χ3n) is 5.98. The Morgan fingerprint density at radius 2 is 1.94 bits per heavy atom. The fourth-order valence-electron chi connectivity index (χ4n) is 4.26. The van der Waals surface area contributed by atoms with Gasteiger partial charge in [0.05, 0.1) is 13.0 Å². The van der Waals surface area contributed by atoms with E-state index in [4.69, 9.17) is 4.74 Å². The molecule has 0 aromatic heterocycles. The molecular weight excluding hydrogens is 409 g/mol. The summed E-state index contributed by atoms with van der Waals surface area (Å²) in [4.78, 5) is 27.2. The molecule has 2 N–H and O–H groups in total. The van der Waals surface area contributed by atoms with Crippen LogP contribution in [0, 0.1) is 18.7 Å². The zero-order chi connectivity index (χ0) is 23.1. The number of carbonyl (C=O) groups excluding carboxylic acids is 2. The van der Waals surface area contributed by atoms with E-state index in [0.717, 1.165) is 16.9 Å². The molecule has 1 aliphatic heterocycles. The van der Waals surface area contributed by atoms with Crippen LogP contribution in [0.2, 0.25) is 0 Å². The summed E-state index contributed by atoms with van der Waals surface area (Å²) in [5, 5.41) is 5.85. The number of aryl methyl sites for hydroxylation is 1. The van der Waals surface area contributed by atoms with Crippen molar-refractivity contribution >= 4 is 11.9 Å². The number of methoxy groups -OCH3 is 1. The third-order valence-corrected chi connectivity index (χ3v) is 5.98. The number of carbonyl (C=O) groups is 2. The predicted octanol–water partition coefficient (Wildman–Crippen LogP) is 3.64. The number of urea groups is 1. The normalized spacial score (nSPS) is 18.2. The number of benzene rings is 2. The van der Waals surface area contributed by atoms with E-state index in [9.17, 15) is 14.0 Å². The number of piperidine rings is 1. The van der Waals surface area contributed by atoms with Gasteiger partial charge in [-0.05, 0) is 55.5 Å². The van der Waals surface area contributed by atoms with Gasteiger partial charge in [0.1, 0.15) is 11.6 Å². The van der Waals surface area contributed by atoms with Crippen molar-refractivity contribution in [3.05, 3.63) is 65.0 Å². The van der Waals surface area contributed by atoms with Crippen molar-refractivity contribution in [1.29, 1.82) is 0 Å². The van der Waals surface area contributed by atoms with E-state index in [-0.39, 0.29) is 29.6 Å². The van der Waals surface area contributed by atoms with Gasteiger partial charge in [0, 0.05) is 32.1 Å². The average Bonchev–Trinajstić information content (AvgIpc) is 2.81. The van der Waals surface area contributed by atoms with E-state index in [1.165, 1.54) is 6.07 Å². The van der Waals surface area contributed by atoms with Crippen molar-refractivity contribution in [3.63, 3.8) is 0 Å². The Morgan fingerprint density at radius 1 is 1.16 bits per heavy atom. The topological polar surface area (TPSA) is 70.7 Å². The molecule has 0 radical (unpaired) electrons. The summed E-state index contributed by atoms with van der Waals surface area (Å²) in [5.74, 6) is 0.108. The number of hydrogen-bond donors (Lipinski definition) is 2. The Hall–Kier alpha value is -3.09. The summed E-state index contributed by atoms with van der Waals surface area (Å²) in [7, 11) is 1.63. The van der Waals surface area contributed by atoms with E-state index in [2.05, 4.69) is 10.6 Å². The fourth-order valence-corrected chi connectivity index (χ4v) is 4.26. The van der Waals surface area contributed by atoms with Crippen molar-refractivity contribution < 1.29 is 18.7 Å². The lowest BCUT2D eigenvalue weighted by Gasteiger charge is -2.37. The summed E-state index contributed by atoms with van der Waals surface area (Å²) in [5.41, 5.74) is 2.54. The van der Waals surface area contributed by atoms with Crippen LogP contribution in [0.3, 0.4) is 0 Å². The quantitative estimate of drug-likeness (QED) is 0.689. The SMILES string of the molecule is CCNC(=O)N1CC(C(=O)NCCc2ccccc2OC)CC(c2ccc(F)c(C)c2)C1. The van der Waals surface area contributed by atoms with Crippen molar-refractivity contribution in [2.24, 2.45) is 5.92 Å². The van der Waals surface area contributed by atoms with Crippen molar-refractivity contribution in [2.75, 3.05) is 33.3 Å². The number of nitrogens with zero attached hydrogens (tertiary/aromatic N) is 1. The van der Waals surface area contributed by atoms with Gasteiger partial charge in [0.15, 0.2) is 0 Å². The molecule has 0 bridgehead atoms. The van der Waals surface area contributed by atoms with Crippen LogP contribution in [-0.2, 0) is 11.2 Å². The molecule has 6 nitrogen and oxygen atoms in total. The van der Waals surface area contributed by atoms with E-state index < -0.39 is 0 Å². The Kier molecular flexibility index (Phi) is 8.09. The Balaban J connectivity index is 1.69. The smallest absolute Gasteiger partial charge is 0.317 e. The minimum atomic E-state index is -0.334. The number of halogens is 1. The van der Waals surface area contributed by atoms with Crippen molar-refractivity contribution in [2.45, 2.75) is 32.6 Å². The second-order valence-electron chi connectivity index (χ2n) is 8.23. The Bertz CT molecular complexity index is 950. The molecule has 32 heavy (non-hydrogen) atoms. The fraction of sp³-hybridized carbons (Fsp3) is 0.440. The van der Waals surface area contributed by atoms with E-state index in [1.54, 1.807) is 25.0 Å².